The van der Waals surface area contributed by atoms with Crippen LogP contribution in [-0.2, 0) is 30.5 Å². The van der Waals surface area contributed by atoms with Crippen molar-refractivity contribution in [2.45, 2.75) is 109 Å². The summed E-state index contributed by atoms with van der Waals surface area (Å²) in [4.78, 5) is 93.4. The fourth-order valence-corrected chi connectivity index (χ4v) is 10.8. The van der Waals surface area contributed by atoms with Crippen LogP contribution in [0.25, 0.3) is 21.5 Å². The molecule has 0 radical (unpaired) electrons. The first kappa shape index (κ1) is 52.3. The highest BCUT2D eigenvalue weighted by molar-refractivity contribution is 7.13. The third-order valence-corrected chi connectivity index (χ3v) is 15.5. The number of nitrogens with two attached hydrogens (primary N) is 1. The van der Waals surface area contributed by atoms with E-state index in [1.54, 1.807) is 11.3 Å². The van der Waals surface area contributed by atoms with Crippen molar-refractivity contribution in [3.8, 4) is 10.4 Å². The van der Waals surface area contributed by atoms with Crippen molar-refractivity contribution in [2.75, 3.05) is 57.3 Å². The van der Waals surface area contributed by atoms with E-state index in [9.17, 15) is 29.1 Å². The number of likely N-dealkylation sites (tertiary alicyclic amines) is 1. The number of piperidine rings is 1. The van der Waals surface area contributed by atoms with E-state index in [0.29, 0.717) is 76.5 Å². The number of rotatable bonds is 17. The number of aliphatic hydroxyl groups is 1. The van der Waals surface area contributed by atoms with E-state index in [-0.39, 0.29) is 62.0 Å². The molecule has 3 aliphatic rings. The number of nitrogens with zero attached hydrogens (tertiary/aromatic N) is 7. The lowest BCUT2D eigenvalue weighted by Crippen LogP contribution is -2.60. The van der Waals surface area contributed by atoms with Crippen molar-refractivity contribution < 1.29 is 29.1 Å². The SMILES string of the molecule is Cc1ncsc1-c1ccc(CNC(=O)[C@@H]2C[C@@H](O)CN2C(=O)[C@@H](NC(=O)CCCC(=O)N2CCN(CC[C@H](NC(=O)C3(N)CCN(c4ncnc5[nH]ccc45)CC3)c3ccc(Cl)cc3)CC2)C(C)(C)C)cc1. The second-order valence-corrected chi connectivity index (χ2v) is 21.8. The molecule has 2 aromatic carbocycles. The normalized spacial score (nSPS) is 19.2. The van der Waals surface area contributed by atoms with Crippen molar-refractivity contribution in [3.63, 3.8) is 0 Å². The number of benzene rings is 2. The summed E-state index contributed by atoms with van der Waals surface area (Å²) in [5.41, 5.74) is 11.5. The monoisotopic (exact) mass is 1020 g/mol. The molecule has 3 aromatic heterocycles. The third-order valence-electron chi connectivity index (χ3n) is 14.3. The van der Waals surface area contributed by atoms with Crippen LogP contribution in [0, 0.1) is 12.3 Å². The Kier molecular flexibility index (Phi) is 16.6. The molecular formula is C52H67ClN12O6S. The summed E-state index contributed by atoms with van der Waals surface area (Å²) < 4.78 is 0. The Labute approximate surface area is 429 Å². The number of amides is 5. The molecule has 5 amide bonds. The fraction of sp³-hybridized carbons (Fsp3) is 0.500. The van der Waals surface area contributed by atoms with E-state index in [1.165, 1.54) is 11.2 Å². The van der Waals surface area contributed by atoms with Crippen LogP contribution in [0.15, 0.2) is 72.6 Å². The molecule has 0 spiro atoms. The van der Waals surface area contributed by atoms with Gasteiger partial charge in [0.1, 0.15) is 29.9 Å². The van der Waals surface area contributed by atoms with Gasteiger partial charge in [-0.1, -0.05) is 68.8 Å². The van der Waals surface area contributed by atoms with E-state index in [0.717, 1.165) is 44.1 Å². The minimum atomic E-state index is -1.05. The summed E-state index contributed by atoms with van der Waals surface area (Å²) in [6.45, 7) is 11.9. The Bertz CT molecular complexity index is 2690. The number of aromatic amines is 1. The number of β-amino-alcohol motifs (C(OH)–C–C–N with tert-alkyl or cyclic N) is 1. The number of aliphatic hydroxyl groups excluding tert-OH is 1. The van der Waals surface area contributed by atoms with Crippen molar-refractivity contribution >= 4 is 69.3 Å². The zero-order chi connectivity index (χ0) is 51.2. The van der Waals surface area contributed by atoms with Gasteiger partial charge in [-0.2, -0.15) is 0 Å². The second kappa shape index (κ2) is 22.8. The van der Waals surface area contributed by atoms with E-state index in [2.05, 4.69) is 45.7 Å². The third kappa shape index (κ3) is 12.6. The number of hydrogen-bond acceptors (Lipinski definition) is 13. The summed E-state index contributed by atoms with van der Waals surface area (Å²) in [7, 11) is 0. The standard InChI is InChI=1S/C52H67ClN12O6S/c1-33-44(72-32-59-33)36-10-8-34(9-11-36)29-56-48(69)41-28-38(66)30-65(41)49(70)45(51(2,3)4)61-42(67)6-5-7-43(68)63-26-24-62(25-27-63)21-17-40(35-12-14-37(53)15-13-35)60-50(71)52(54)18-22-64(23-19-52)47-39-16-20-55-46(39)57-31-58-47/h8-16,20,31-32,38,40-41,45,66H,5-7,17-19,21-30,54H2,1-4H3,(H,56,69)(H,60,71)(H,61,67)(H,55,57,58)/t38-,40+,41+,45-/m1/s1. The number of aryl methyl sites for hydroxylation is 1. The first-order valence-electron chi connectivity index (χ1n) is 24.9. The Morgan fingerprint density at radius 1 is 0.931 bits per heavy atom. The van der Waals surface area contributed by atoms with Gasteiger partial charge in [0.2, 0.25) is 29.5 Å². The minimum Gasteiger partial charge on any atom is -0.391 e. The molecule has 384 valence electrons. The highest BCUT2D eigenvalue weighted by Crippen LogP contribution is 2.31. The molecule has 6 heterocycles. The first-order chi connectivity index (χ1) is 34.5. The maximum Gasteiger partial charge on any atom is 0.246 e. The van der Waals surface area contributed by atoms with Gasteiger partial charge in [0.15, 0.2) is 0 Å². The van der Waals surface area contributed by atoms with Crippen molar-refractivity contribution in [3.05, 3.63) is 94.5 Å². The van der Waals surface area contributed by atoms with Gasteiger partial charge < -0.3 is 46.5 Å². The largest absolute Gasteiger partial charge is 0.391 e. The maximum absolute atomic E-state index is 14.1. The quantitative estimate of drug-likeness (QED) is 0.0744. The average molecular weight is 1020 g/mol. The number of aromatic nitrogens is 4. The molecule has 20 heteroatoms. The number of H-pyrrole nitrogens is 1. The number of halogens is 1. The van der Waals surface area contributed by atoms with Gasteiger partial charge in [0.25, 0.3) is 0 Å². The van der Waals surface area contributed by atoms with Gasteiger partial charge in [-0.15, -0.1) is 11.3 Å². The van der Waals surface area contributed by atoms with E-state index < -0.39 is 35.0 Å². The molecule has 0 unspecified atom stereocenters. The molecule has 4 atom stereocenters. The fourth-order valence-electron chi connectivity index (χ4n) is 9.88. The van der Waals surface area contributed by atoms with E-state index in [4.69, 9.17) is 17.3 Å². The highest BCUT2D eigenvalue weighted by Gasteiger charge is 2.45. The summed E-state index contributed by atoms with van der Waals surface area (Å²) in [6.07, 6.45) is 4.63. The molecule has 8 rings (SSSR count). The lowest BCUT2D eigenvalue weighted by atomic mass is 9.85. The van der Waals surface area contributed by atoms with Crippen LogP contribution in [0.4, 0.5) is 5.82 Å². The number of piperazine rings is 1. The topological polar surface area (TPSA) is 235 Å². The van der Waals surface area contributed by atoms with Crippen LogP contribution in [-0.4, -0.2) is 145 Å². The Balaban J connectivity index is 0.774. The summed E-state index contributed by atoms with van der Waals surface area (Å²) in [5, 5.41) is 21.3. The molecule has 3 aliphatic heterocycles. The smallest absolute Gasteiger partial charge is 0.246 e. The predicted octanol–water partition coefficient (Wildman–Crippen LogP) is 4.71. The lowest BCUT2D eigenvalue weighted by molar-refractivity contribution is -0.144. The maximum atomic E-state index is 14.1. The van der Waals surface area contributed by atoms with Crippen LogP contribution in [0.1, 0.15) is 88.6 Å². The van der Waals surface area contributed by atoms with Gasteiger partial charge in [0.05, 0.1) is 39.2 Å². The molecule has 0 saturated carbocycles. The number of anilines is 1. The number of carbonyl (C=O) groups excluding carboxylic acids is 5. The molecule has 0 bridgehead atoms. The number of fused-ring (bicyclic) bond motifs is 1. The molecule has 72 heavy (non-hydrogen) atoms. The van der Waals surface area contributed by atoms with Gasteiger partial charge >= 0.3 is 0 Å². The second-order valence-electron chi connectivity index (χ2n) is 20.5. The number of hydrogen-bond donors (Lipinski definition) is 6. The van der Waals surface area contributed by atoms with Crippen LogP contribution < -0.4 is 26.6 Å². The number of thiazole rings is 1. The Hall–Kier alpha value is -5.99. The molecule has 18 nitrogen and oxygen atoms in total. The van der Waals surface area contributed by atoms with E-state index in [1.807, 2.05) is 98.9 Å². The highest BCUT2D eigenvalue weighted by atomic mass is 35.5. The summed E-state index contributed by atoms with van der Waals surface area (Å²) in [6, 6.07) is 15.1. The summed E-state index contributed by atoms with van der Waals surface area (Å²) in [5.74, 6) is -0.599. The molecule has 3 fully saturated rings. The molecule has 5 aromatic rings. The van der Waals surface area contributed by atoms with Gasteiger partial charge in [-0.3, -0.25) is 28.9 Å². The van der Waals surface area contributed by atoms with Gasteiger partial charge in [-0.05, 0) is 72.9 Å². The van der Waals surface area contributed by atoms with Crippen LogP contribution in [0.3, 0.4) is 0 Å². The Morgan fingerprint density at radius 2 is 1.65 bits per heavy atom. The van der Waals surface area contributed by atoms with Crippen molar-refractivity contribution in [1.29, 1.82) is 0 Å². The van der Waals surface area contributed by atoms with Crippen molar-refractivity contribution in [1.82, 2.24) is 50.6 Å². The molecule has 0 aliphatic carbocycles. The van der Waals surface area contributed by atoms with Crippen LogP contribution in [0.2, 0.25) is 5.02 Å². The molecular weight excluding hydrogens is 956 g/mol. The zero-order valence-electron chi connectivity index (χ0n) is 41.5. The van der Waals surface area contributed by atoms with Gasteiger partial charge in [-0.25, -0.2) is 15.0 Å². The lowest BCUT2D eigenvalue weighted by Gasteiger charge is -2.39. The van der Waals surface area contributed by atoms with Crippen molar-refractivity contribution in [2.24, 2.45) is 11.1 Å². The minimum absolute atomic E-state index is 0.0252. The predicted molar refractivity (Wildman–Crippen MR) is 278 cm³/mol. The Morgan fingerprint density at radius 3 is 2.33 bits per heavy atom. The molecule has 7 N–H and O–H groups in total. The molecule has 3 saturated heterocycles. The van der Waals surface area contributed by atoms with Crippen LogP contribution in [0.5, 0.6) is 0 Å². The zero-order valence-corrected chi connectivity index (χ0v) is 43.1. The number of nitrogens with one attached hydrogen (secondary N) is 4. The van der Waals surface area contributed by atoms with Crippen LogP contribution >= 0.6 is 22.9 Å². The average Bonchev–Trinajstić information content (AvgIpc) is 4.14. The first-order valence-corrected chi connectivity index (χ1v) is 26.1. The van der Waals surface area contributed by atoms with Gasteiger partial charge in [0, 0.05) is 89.4 Å². The summed E-state index contributed by atoms with van der Waals surface area (Å²) >= 11 is 7.82. The number of carbonyl (C=O) groups is 5. The van der Waals surface area contributed by atoms with E-state index >= 15 is 0 Å².